The van der Waals surface area contributed by atoms with Crippen LogP contribution >= 0.6 is 12.2 Å². The Labute approximate surface area is 91.4 Å². The molecule has 3 N–H and O–H groups in total. The molecule has 4 heteroatoms. The van der Waals surface area contributed by atoms with E-state index in [-0.39, 0.29) is 17.9 Å². The zero-order chi connectivity index (χ0) is 11.1. The number of hydrogen-bond acceptors (Lipinski definition) is 2. The average Bonchev–Trinajstić information content (AvgIpc) is 2.15. The van der Waals surface area contributed by atoms with Gasteiger partial charge in [-0.3, -0.25) is 4.79 Å². The molecule has 0 aliphatic carbocycles. The SMILES string of the molecule is CCC(CC)C(=O)NC(CC)C(N)=S. The summed E-state index contributed by atoms with van der Waals surface area (Å²) in [5.41, 5.74) is 5.50. The summed E-state index contributed by atoms with van der Waals surface area (Å²) in [6.45, 7) is 5.97. The van der Waals surface area contributed by atoms with Crippen LogP contribution in [0.3, 0.4) is 0 Å². The summed E-state index contributed by atoms with van der Waals surface area (Å²) in [5, 5.41) is 2.86. The molecular formula is C10H20N2OS. The van der Waals surface area contributed by atoms with Gasteiger partial charge in [0.05, 0.1) is 11.0 Å². The van der Waals surface area contributed by atoms with Gasteiger partial charge in [0, 0.05) is 5.92 Å². The van der Waals surface area contributed by atoms with Gasteiger partial charge in [-0.2, -0.15) is 0 Å². The van der Waals surface area contributed by atoms with E-state index in [4.69, 9.17) is 18.0 Å². The van der Waals surface area contributed by atoms with E-state index in [0.29, 0.717) is 4.99 Å². The molecule has 0 aromatic carbocycles. The number of thiocarbonyl (C=S) groups is 1. The highest BCUT2D eigenvalue weighted by Crippen LogP contribution is 2.08. The second-order valence-corrected chi connectivity index (χ2v) is 3.86. The molecule has 0 aliphatic rings. The average molecular weight is 216 g/mol. The van der Waals surface area contributed by atoms with Crippen molar-refractivity contribution in [3.8, 4) is 0 Å². The summed E-state index contributed by atoms with van der Waals surface area (Å²) in [5.74, 6) is 0.146. The molecule has 1 unspecified atom stereocenters. The van der Waals surface area contributed by atoms with Crippen LogP contribution in [-0.4, -0.2) is 16.9 Å². The Hall–Kier alpha value is -0.640. The maximum Gasteiger partial charge on any atom is 0.223 e. The number of rotatable bonds is 6. The Morgan fingerprint density at radius 1 is 1.29 bits per heavy atom. The molecule has 0 aromatic rings. The maximum absolute atomic E-state index is 11.7. The third-order valence-electron chi connectivity index (χ3n) is 2.42. The molecule has 14 heavy (non-hydrogen) atoms. The first-order chi connectivity index (χ1) is 6.56. The van der Waals surface area contributed by atoms with Crippen LogP contribution in [0.2, 0.25) is 0 Å². The van der Waals surface area contributed by atoms with Crippen LogP contribution in [-0.2, 0) is 4.79 Å². The van der Waals surface area contributed by atoms with E-state index in [9.17, 15) is 4.79 Å². The van der Waals surface area contributed by atoms with Gasteiger partial charge >= 0.3 is 0 Å². The van der Waals surface area contributed by atoms with E-state index in [1.54, 1.807) is 0 Å². The molecule has 0 saturated carbocycles. The molecule has 0 spiro atoms. The first kappa shape index (κ1) is 13.4. The fourth-order valence-electron chi connectivity index (χ4n) is 1.32. The summed E-state index contributed by atoms with van der Waals surface area (Å²) in [4.78, 5) is 12.0. The maximum atomic E-state index is 11.7. The van der Waals surface area contributed by atoms with Crippen molar-refractivity contribution in [3.63, 3.8) is 0 Å². The number of nitrogens with two attached hydrogens (primary N) is 1. The van der Waals surface area contributed by atoms with E-state index in [0.717, 1.165) is 19.3 Å². The van der Waals surface area contributed by atoms with Crippen LogP contribution in [0.5, 0.6) is 0 Å². The molecule has 1 amide bonds. The molecule has 3 nitrogen and oxygen atoms in total. The lowest BCUT2D eigenvalue weighted by atomic mass is 10.0. The minimum atomic E-state index is -0.155. The van der Waals surface area contributed by atoms with Gasteiger partial charge in [-0.05, 0) is 19.3 Å². The Morgan fingerprint density at radius 2 is 1.79 bits per heavy atom. The zero-order valence-corrected chi connectivity index (χ0v) is 9.99. The topological polar surface area (TPSA) is 55.1 Å². The minimum Gasteiger partial charge on any atom is -0.392 e. The quantitative estimate of drug-likeness (QED) is 0.663. The van der Waals surface area contributed by atoms with Gasteiger partial charge in [0.1, 0.15) is 0 Å². The second kappa shape index (κ2) is 6.76. The van der Waals surface area contributed by atoms with Crippen molar-refractivity contribution >= 4 is 23.1 Å². The molecule has 82 valence electrons. The van der Waals surface area contributed by atoms with Gasteiger partial charge in [-0.15, -0.1) is 0 Å². The van der Waals surface area contributed by atoms with Crippen LogP contribution in [0.25, 0.3) is 0 Å². The molecule has 0 aromatic heterocycles. The minimum absolute atomic E-state index is 0.0645. The fraction of sp³-hybridized carbons (Fsp3) is 0.800. The first-order valence-corrected chi connectivity index (χ1v) is 5.57. The van der Waals surface area contributed by atoms with E-state index < -0.39 is 0 Å². The molecule has 0 bridgehead atoms. The van der Waals surface area contributed by atoms with Crippen molar-refractivity contribution in [3.05, 3.63) is 0 Å². The molecular weight excluding hydrogens is 196 g/mol. The molecule has 1 atom stereocenters. The van der Waals surface area contributed by atoms with Crippen molar-refractivity contribution in [2.45, 2.75) is 46.1 Å². The summed E-state index contributed by atoms with van der Waals surface area (Å²) in [6.07, 6.45) is 2.47. The number of nitrogens with one attached hydrogen (secondary N) is 1. The Balaban J connectivity index is 4.20. The normalized spacial score (nSPS) is 12.6. The lowest BCUT2D eigenvalue weighted by molar-refractivity contribution is -0.125. The van der Waals surface area contributed by atoms with Crippen molar-refractivity contribution in [2.75, 3.05) is 0 Å². The molecule has 0 rings (SSSR count). The first-order valence-electron chi connectivity index (χ1n) is 5.16. The van der Waals surface area contributed by atoms with Crippen molar-refractivity contribution in [1.29, 1.82) is 0 Å². The lowest BCUT2D eigenvalue weighted by Crippen LogP contribution is -2.45. The molecule has 0 saturated heterocycles. The van der Waals surface area contributed by atoms with E-state index in [1.807, 2.05) is 20.8 Å². The largest absolute Gasteiger partial charge is 0.392 e. The van der Waals surface area contributed by atoms with Crippen molar-refractivity contribution in [1.82, 2.24) is 5.32 Å². The van der Waals surface area contributed by atoms with Crippen molar-refractivity contribution < 1.29 is 4.79 Å². The molecule has 0 aliphatic heterocycles. The lowest BCUT2D eigenvalue weighted by Gasteiger charge is -2.19. The van der Waals surface area contributed by atoms with Crippen LogP contribution in [0.1, 0.15) is 40.0 Å². The Kier molecular flexibility index (Phi) is 6.45. The van der Waals surface area contributed by atoms with E-state index in [2.05, 4.69) is 5.32 Å². The molecule has 0 radical (unpaired) electrons. The van der Waals surface area contributed by atoms with Gasteiger partial charge in [-0.1, -0.05) is 33.0 Å². The Morgan fingerprint density at radius 3 is 2.07 bits per heavy atom. The summed E-state index contributed by atoms with van der Waals surface area (Å²) in [7, 11) is 0. The standard InChI is InChI=1S/C10H20N2OS/c1-4-7(5-2)10(13)12-8(6-3)9(11)14/h7-8H,4-6H2,1-3H3,(H2,11,14)(H,12,13). The predicted octanol–water partition coefficient (Wildman–Crippen LogP) is 1.60. The van der Waals surface area contributed by atoms with Crippen LogP contribution in [0.15, 0.2) is 0 Å². The Bertz CT molecular complexity index is 202. The highest BCUT2D eigenvalue weighted by Gasteiger charge is 2.18. The third kappa shape index (κ3) is 4.05. The van der Waals surface area contributed by atoms with Gasteiger partial charge in [0.15, 0.2) is 0 Å². The zero-order valence-electron chi connectivity index (χ0n) is 9.17. The third-order valence-corrected chi connectivity index (χ3v) is 2.71. The van der Waals surface area contributed by atoms with Gasteiger partial charge in [0.25, 0.3) is 0 Å². The summed E-state index contributed by atoms with van der Waals surface area (Å²) >= 11 is 4.86. The second-order valence-electron chi connectivity index (χ2n) is 3.39. The smallest absolute Gasteiger partial charge is 0.223 e. The number of carbonyl (C=O) groups excluding carboxylic acids is 1. The fourth-order valence-corrected chi connectivity index (χ4v) is 1.55. The van der Waals surface area contributed by atoms with Crippen molar-refractivity contribution in [2.24, 2.45) is 11.7 Å². The number of hydrogen-bond donors (Lipinski definition) is 2. The van der Waals surface area contributed by atoms with Crippen LogP contribution < -0.4 is 11.1 Å². The van der Waals surface area contributed by atoms with Gasteiger partial charge < -0.3 is 11.1 Å². The van der Waals surface area contributed by atoms with E-state index in [1.165, 1.54) is 0 Å². The number of carbonyl (C=O) groups is 1. The highest BCUT2D eigenvalue weighted by molar-refractivity contribution is 7.80. The van der Waals surface area contributed by atoms with Crippen LogP contribution in [0.4, 0.5) is 0 Å². The predicted molar refractivity (Wildman–Crippen MR) is 63.1 cm³/mol. The molecule has 0 heterocycles. The monoisotopic (exact) mass is 216 g/mol. The summed E-state index contributed by atoms with van der Waals surface area (Å²) in [6, 6.07) is -0.155. The van der Waals surface area contributed by atoms with E-state index >= 15 is 0 Å². The highest BCUT2D eigenvalue weighted by atomic mass is 32.1. The van der Waals surface area contributed by atoms with Gasteiger partial charge in [-0.25, -0.2) is 0 Å². The number of amides is 1. The summed E-state index contributed by atoms with van der Waals surface area (Å²) < 4.78 is 0. The van der Waals surface area contributed by atoms with Gasteiger partial charge in [0.2, 0.25) is 5.91 Å². The molecule has 0 fully saturated rings. The van der Waals surface area contributed by atoms with Crippen LogP contribution in [0, 0.1) is 5.92 Å².